The second-order valence-corrected chi connectivity index (χ2v) is 28.0. The smallest absolute Gasteiger partial charge is 0.361 e. The summed E-state index contributed by atoms with van der Waals surface area (Å²) in [6.45, 7) is 4.80. The molecule has 540 valence electrons. The van der Waals surface area contributed by atoms with Crippen molar-refractivity contribution in [1.82, 2.24) is 0 Å². The quantitative estimate of drug-likeness (QED) is 0.0211. The molecule has 0 aliphatic heterocycles. The van der Waals surface area contributed by atoms with E-state index in [-0.39, 0.29) is 38.2 Å². The Kier molecular flexibility index (Phi) is 71.4. The van der Waals surface area contributed by atoms with E-state index in [0.29, 0.717) is 17.4 Å². The van der Waals surface area contributed by atoms with E-state index in [9.17, 15) is 19.5 Å². The highest BCUT2D eigenvalue weighted by Crippen LogP contribution is 2.19. The van der Waals surface area contributed by atoms with Gasteiger partial charge in [-0.1, -0.05) is 356 Å². The van der Waals surface area contributed by atoms with Crippen molar-refractivity contribution in [3.63, 3.8) is 0 Å². The first-order valence-electron chi connectivity index (χ1n) is 39.8. The van der Waals surface area contributed by atoms with E-state index in [1.165, 1.54) is 270 Å². The molecule has 0 aliphatic carbocycles. The molecule has 93 heavy (non-hydrogen) atoms. The number of carbonyl (C=O) groups excluding carboxylic acids is 2. The van der Waals surface area contributed by atoms with E-state index in [1.54, 1.807) is 0 Å². The molecule has 0 heterocycles. The molecule has 0 rings (SSSR count). The Morgan fingerprint density at radius 1 is 0.333 bits per heavy atom. The van der Waals surface area contributed by atoms with Crippen LogP contribution in [0.25, 0.3) is 0 Å². The van der Waals surface area contributed by atoms with Crippen molar-refractivity contribution in [2.45, 2.75) is 386 Å². The summed E-state index contributed by atoms with van der Waals surface area (Å²) in [6.07, 6.45) is 98.8. The first-order chi connectivity index (χ1) is 45.6. The van der Waals surface area contributed by atoms with Crippen molar-refractivity contribution < 1.29 is 42.9 Å². The van der Waals surface area contributed by atoms with Gasteiger partial charge in [0.1, 0.15) is 13.2 Å². The first-order valence-corrected chi connectivity index (χ1v) is 39.8. The number of carboxylic acids is 1. The summed E-state index contributed by atoms with van der Waals surface area (Å²) in [6, 6.07) is 0. The SMILES string of the molecule is CC/C=C\C/C=C\C/C=C\C/C=C\CCCCCCCCCCCCCCCCCCCCCCCCCCCCCCC(=O)OC(COC(=O)CCCCCCCCCCCCCC/C=C\C/C=C\C/C=C\CCCCCCC)COC(OCC[N+](C)(C)C)C(=O)O. The van der Waals surface area contributed by atoms with E-state index in [4.69, 9.17) is 18.9 Å². The lowest BCUT2D eigenvalue weighted by molar-refractivity contribution is -0.870. The molecule has 0 fully saturated rings. The topological polar surface area (TPSA) is 108 Å². The fourth-order valence-electron chi connectivity index (χ4n) is 11.6. The number of carbonyl (C=O) groups is 3. The van der Waals surface area contributed by atoms with Crippen LogP contribution in [0, 0.1) is 0 Å². The molecule has 0 radical (unpaired) electrons. The minimum atomic E-state index is -1.51. The van der Waals surface area contributed by atoms with Gasteiger partial charge in [0.05, 0.1) is 34.4 Å². The molecule has 0 aromatic carbocycles. The number of rotatable bonds is 74. The molecule has 0 saturated carbocycles. The van der Waals surface area contributed by atoms with Crippen LogP contribution in [0.5, 0.6) is 0 Å². The first kappa shape index (κ1) is 89.5. The molecule has 0 aromatic heterocycles. The Hall–Kier alpha value is -3.53. The van der Waals surface area contributed by atoms with Gasteiger partial charge < -0.3 is 28.5 Å². The maximum Gasteiger partial charge on any atom is 0.361 e. The standard InChI is InChI=1S/C84H151NO8/c1-6-8-10-12-14-16-18-20-22-24-26-28-30-32-34-35-36-37-38-39-40-41-42-43-44-45-46-47-49-51-53-55-57-59-61-63-65-67-69-71-73-75-82(87)93-80(79-92-84(83(88)89)90-77-76-85(3,4)5)78-91-81(86)74-72-70-68-66-64-62-60-58-56-54-52-50-48-33-31-29-27-25-23-21-19-17-15-13-11-9-7-2/h8,10,14,16,19-22,25-28,31,33,80,84H,6-7,9,11-13,15,17-18,23-24,29-30,32,34-79H2,1-5H3/p+1/b10-8-,16-14-,21-19-,22-20-,27-25-,28-26-,33-31-. The number of carboxylic acid groups (broad SMARTS) is 1. The number of nitrogens with zero attached hydrogens (tertiary/aromatic N) is 1. The van der Waals surface area contributed by atoms with Crippen LogP contribution < -0.4 is 0 Å². The summed E-state index contributed by atoms with van der Waals surface area (Å²) in [4.78, 5) is 37.7. The van der Waals surface area contributed by atoms with E-state index < -0.39 is 18.4 Å². The number of allylic oxidation sites excluding steroid dienone is 14. The van der Waals surface area contributed by atoms with Crippen molar-refractivity contribution in [2.75, 3.05) is 47.5 Å². The minimum absolute atomic E-state index is 0.181. The molecule has 2 unspecified atom stereocenters. The molecule has 2 atom stereocenters. The summed E-state index contributed by atoms with van der Waals surface area (Å²) in [5, 5.41) is 9.77. The minimum Gasteiger partial charge on any atom is -0.477 e. The van der Waals surface area contributed by atoms with Crippen molar-refractivity contribution in [1.29, 1.82) is 0 Å². The lowest BCUT2D eigenvalue weighted by Gasteiger charge is -2.25. The highest BCUT2D eigenvalue weighted by Gasteiger charge is 2.25. The summed E-state index contributed by atoms with van der Waals surface area (Å²) in [5.41, 5.74) is 0. The van der Waals surface area contributed by atoms with Gasteiger partial charge in [-0.3, -0.25) is 9.59 Å². The van der Waals surface area contributed by atoms with Crippen LogP contribution in [-0.2, 0) is 33.3 Å². The van der Waals surface area contributed by atoms with E-state index in [2.05, 4.69) is 98.9 Å². The van der Waals surface area contributed by atoms with Gasteiger partial charge in [0.25, 0.3) is 6.29 Å². The van der Waals surface area contributed by atoms with Crippen LogP contribution in [0.15, 0.2) is 85.1 Å². The number of hydrogen-bond acceptors (Lipinski definition) is 7. The van der Waals surface area contributed by atoms with Gasteiger partial charge in [0.2, 0.25) is 0 Å². The van der Waals surface area contributed by atoms with E-state index in [0.717, 1.165) is 77.0 Å². The van der Waals surface area contributed by atoms with Gasteiger partial charge in [0, 0.05) is 12.8 Å². The van der Waals surface area contributed by atoms with Gasteiger partial charge in [-0.15, -0.1) is 0 Å². The number of unbranched alkanes of at least 4 members (excludes halogenated alkanes) is 45. The molecule has 0 saturated heterocycles. The van der Waals surface area contributed by atoms with Crippen LogP contribution >= 0.6 is 0 Å². The average molecular weight is 1300 g/mol. The Labute approximate surface area is 576 Å². The predicted octanol–water partition coefficient (Wildman–Crippen LogP) is 25.4. The summed E-state index contributed by atoms with van der Waals surface area (Å²) in [5.74, 6) is -1.99. The predicted molar refractivity (Wildman–Crippen MR) is 401 cm³/mol. The molecule has 0 aliphatic rings. The average Bonchev–Trinajstić information content (AvgIpc) is 3.38. The number of ether oxygens (including phenoxy) is 4. The molecule has 0 aromatic rings. The fourth-order valence-corrected chi connectivity index (χ4v) is 11.6. The van der Waals surface area contributed by atoms with Crippen LogP contribution in [0.3, 0.4) is 0 Å². The van der Waals surface area contributed by atoms with Crippen LogP contribution in [0.4, 0.5) is 0 Å². The van der Waals surface area contributed by atoms with E-state index >= 15 is 0 Å². The summed E-state index contributed by atoms with van der Waals surface area (Å²) in [7, 11) is 5.99. The molecule has 9 nitrogen and oxygen atoms in total. The molecular weight excluding hydrogens is 1150 g/mol. The fraction of sp³-hybridized carbons (Fsp3) is 0.798. The number of aliphatic carboxylic acids is 1. The van der Waals surface area contributed by atoms with Crippen molar-refractivity contribution in [3.05, 3.63) is 85.1 Å². The third-order valence-corrected chi connectivity index (χ3v) is 17.6. The Bertz CT molecular complexity index is 1810. The highest BCUT2D eigenvalue weighted by atomic mass is 16.7. The molecule has 9 heteroatoms. The van der Waals surface area contributed by atoms with Crippen molar-refractivity contribution in [2.24, 2.45) is 0 Å². The van der Waals surface area contributed by atoms with E-state index in [1.807, 2.05) is 21.1 Å². The maximum atomic E-state index is 13.0. The number of hydrogen-bond donors (Lipinski definition) is 1. The number of quaternary nitrogens is 1. The molecular formula is C84H152NO8+. The Morgan fingerprint density at radius 2 is 0.613 bits per heavy atom. The van der Waals surface area contributed by atoms with Gasteiger partial charge in [-0.2, -0.15) is 0 Å². The van der Waals surface area contributed by atoms with Crippen LogP contribution in [0.2, 0.25) is 0 Å². The van der Waals surface area contributed by atoms with Crippen molar-refractivity contribution >= 4 is 17.9 Å². The number of likely N-dealkylation sites (N-methyl/N-ethyl adjacent to an activating group) is 1. The Balaban J connectivity index is 3.96. The molecule has 0 spiro atoms. The third kappa shape index (κ3) is 75.7. The normalized spacial score (nSPS) is 13.1. The molecule has 1 N–H and O–H groups in total. The van der Waals surface area contributed by atoms with Gasteiger partial charge >= 0.3 is 17.9 Å². The monoisotopic (exact) mass is 1300 g/mol. The lowest BCUT2D eigenvalue weighted by Crippen LogP contribution is -2.40. The van der Waals surface area contributed by atoms with Crippen molar-refractivity contribution in [3.8, 4) is 0 Å². The lowest BCUT2D eigenvalue weighted by atomic mass is 10.0. The highest BCUT2D eigenvalue weighted by molar-refractivity contribution is 5.71. The zero-order valence-electron chi connectivity index (χ0n) is 61.9. The largest absolute Gasteiger partial charge is 0.477 e. The molecule has 0 amide bonds. The summed E-state index contributed by atoms with van der Waals surface area (Å²) >= 11 is 0. The maximum absolute atomic E-state index is 13.0. The van der Waals surface area contributed by atoms with Gasteiger partial charge in [0.15, 0.2) is 6.10 Å². The van der Waals surface area contributed by atoms with Crippen LogP contribution in [0.1, 0.15) is 373 Å². The second-order valence-electron chi connectivity index (χ2n) is 28.0. The number of esters is 2. The van der Waals surface area contributed by atoms with Gasteiger partial charge in [-0.25, -0.2) is 4.79 Å². The zero-order valence-corrected chi connectivity index (χ0v) is 61.9. The van der Waals surface area contributed by atoms with Gasteiger partial charge in [-0.05, 0) is 89.9 Å². The zero-order chi connectivity index (χ0) is 67.5. The van der Waals surface area contributed by atoms with Crippen LogP contribution in [-0.4, -0.2) is 87.4 Å². The summed E-state index contributed by atoms with van der Waals surface area (Å²) < 4.78 is 23.0. The third-order valence-electron chi connectivity index (χ3n) is 17.6. The Morgan fingerprint density at radius 3 is 0.914 bits per heavy atom. The molecule has 0 bridgehead atoms. The second kappa shape index (κ2) is 74.3.